The van der Waals surface area contributed by atoms with Crippen molar-refractivity contribution in [3.8, 4) is 0 Å². The summed E-state index contributed by atoms with van der Waals surface area (Å²) in [6, 6.07) is 5.63. The molecule has 0 saturated carbocycles. The Balaban J connectivity index is 2.42. The van der Waals surface area contributed by atoms with E-state index in [4.69, 9.17) is 16.3 Å². The lowest BCUT2D eigenvalue weighted by atomic mass is 9.91. The number of carbonyl (C=O) groups is 1. The molecule has 3 nitrogen and oxygen atoms in total. The van der Waals surface area contributed by atoms with E-state index < -0.39 is 0 Å². The number of halogens is 1. The smallest absolute Gasteiger partial charge is 0.314 e. The van der Waals surface area contributed by atoms with Crippen molar-refractivity contribution >= 4 is 17.6 Å². The van der Waals surface area contributed by atoms with Gasteiger partial charge in [0.05, 0.1) is 13.0 Å². The molecule has 1 aliphatic heterocycles. The van der Waals surface area contributed by atoms with Gasteiger partial charge in [-0.25, -0.2) is 0 Å². The number of nitrogens with one attached hydrogen (secondary N) is 1. The van der Waals surface area contributed by atoms with E-state index in [0.29, 0.717) is 18.1 Å². The first-order valence-electron chi connectivity index (χ1n) is 4.80. The van der Waals surface area contributed by atoms with E-state index in [2.05, 4.69) is 5.32 Å². The highest BCUT2D eigenvalue weighted by molar-refractivity contribution is 6.31. The number of hydrogen-bond acceptors (Lipinski definition) is 3. The Morgan fingerprint density at radius 1 is 1.60 bits per heavy atom. The Kier molecular flexibility index (Phi) is 2.93. The molecule has 1 aliphatic rings. The zero-order chi connectivity index (χ0) is 10.8. The van der Waals surface area contributed by atoms with Crippen LogP contribution in [0.4, 0.5) is 0 Å². The molecule has 0 spiro atoms. The second-order valence-electron chi connectivity index (χ2n) is 3.51. The third-order valence-corrected chi connectivity index (χ3v) is 3.02. The van der Waals surface area contributed by atoms with Gasteiger partial charge in [-0.1, -0.05) is 23.7 Å². The van der Waals surface area contributed by atoms with Crippen LogP contribution in [-0.2, 0) is 16.1 Å². The molecule has 1 N–H and O–H groups in total. The molecular formula is C11H12ClNO2. The van der Waals surface area contributed by atoms with Gasteiger partial charge in [0, 0.05) is 18.1 Å². The van der Waals surface area contributed by atoms with Crippen LogP contribution in [0.5, 0.6) is 0 Å². The Morgan fingerprint density at radius 3 is 3.13 bits per heavy atom. The zero-order valence-corrected chi connectivity index (χ0v) is 9.17. The Labute approximate surface area is 93.4 Å². The van der Waals surface area contributed by atoms with Crippen molar-refractivity contribution in [2.75, 3.05) is 13.7 Å². The van der Waals surface area contributed by atoms with E-state index in [1.165, 1.54) is 7.11 Å². The average Bonchev–Trinajstić information content (AvgIpc) is 2.28. The highest BCUT2D eigenvalue weighted by Gasteiger charge is 2.27. The van der Waals surface area contributed by atoms with Crippen LogP contribution in [0.2, 0.25) is 5.02 Å². The van der Waals surface area contributed by atoms with Crippen LogP contribution in [0, 0.1) is 0 Å². The van der Waals surface area contributed by atoms with E-state index in [1.807, 2.05) is 18.2 Å². The predicted octanol–water partition coefficient (Wildman–Crippen LogP) is 1.70. The minimum Gasteiger partial charge on any atom is -0.469 e. The van der Waals surface area contributed by atoms with Crippen LogP contribution in [0.1, 0.15) is 17.0 Å². The molecule has 0 saturated heterocycles. The summed E-state index contributed by atoms with van der Waals surface area (Å²) in [6.45, 7) is 1.32. The fourth-order valence-electron chi connectivity index (χ4n) is 1.89. The van der Waals surface area contributed by atoms with Crippen LogP contribution in [-0.4, -0.2) is 19.6 Å². The van der Waals surface area contributed by atoms with E-state index in [-0.39, 0.29) is 11.9 Å². The maximum absolute atomic E-state index is 11.5. The fourth-order valence-corrected chi connectivity index (χ4v) is 2.14. The Hall–Kier alpha value is -1.06. The maximum atomic E-state index is 11.5. The van der Waals surface area contributed by atoms with Crippen molar-refractivity contribution in [2.24, 2.45) is 0 Å². The Morgan fingerprint density at radius 2 is 2.40 bits per heavy atom. The summed E-state index contributed by atoms with van der Waals surface area (Å²) >= 11 is 6.06. The van der Waals surface area contributed by atoms with Crippen molar-refractivity contribution in [3.63, 3.8) is 0 Å². The quantitative estimate of drug-likeness (QED) is 0.740. The molecule has 1 heterocycles. The van der Waals surface area contributed by atoms with Crippen LogP contribution in [0.15, 0.2) is 18.2 Å². The van der Waals surface area contributed by atoms with Crippen molar-refractivity contribution in [2.45, 2.75) is 12.5 Å². The normalized spacial score (nSPS) is 19.5. The molecular weight excluding hydrogens is 214 g/mol. The largest absolute Gasteiger partial charge is 0.469 e. The van der Waals surface area contributed by atoms with Gasteiger partial charge in [-0.3, -0.25) is 4.79 Å². The predicted molar refractivity (Wildman–Crippen MR) is 57.9 cm³/mol. The van der Waals surface area contributed by atoms with Gasteiger partial charge in [-0.05, 0) is 17.2 Å². The van der Waals surface area contributed by atoms with E-state index >= 15 is 0 Å². The molecule has 4 heteroatoms. The van der Waals surface area contributed by atoms with Crippen molar-refractivity contribution in [3.05, 3.63) is 34.3 Å². The van der Waals surface area contributed by atoms with Gasteiger partial charge in [0.2, 0.25) is 0 Å². The minimum absolute atomic E-state index is 0.217. The van der Waals surface area contributed by atoms with Gasteiger partial charge in [-0.15, -0.1) is 0 Å². The van der Waals surface area contributed by atoms with Crippen molar-refractivity contribution in [1.82, 2.24) is 5.32 Å². The summed E-state index contributed by atoms with van der Waals surface area (Å²) in [5, 5.41) is 3.86. The molecule has 1 unspecified atom stereocenters. The molecule has 2 rings (SSSR count). The summed E-state index contributed by atoms with van der Waals surface area (Å²) in [5.74, 6) is -0.455. The molecule has 0 aromatic heterocycles. The third-order valence-electron chi connectivity index (χ3n) is 2.67. The first-order valence-corrected chi connectivity index (χ1v) is 5.17. The number of esters is 1. The molecule has 0 amide bonds. The van der Waals surface area contributed by atoms with E-state index in [9.17, 15) is 4.79 Å². The van der Waals surface area contributed by atoms with Crippen LogP contribution in [0.3, 0.4) is 0 Å². The van der Waals surface area contributed by atoms with Crippen LogP contribution in [0.25, 0.3) is 0 Å². The average molecular weight is 226 g/mol. The van der Waals surface area contributed by atoms with Gasteiger partial charge in [0.25, 0.3) is 0 Å². The fraction of sp³-hybridized carbons (Fsp3) is 0.364. The molecule has 1 atom stereocenters. The number of ether oxygens (including phenoxy) is 1. The highest BCUT2D eigenvalue weighted by atomic mass is 35.5. The lowest BCUT2D eigenvalue weighted by molar-refractivity contribution is -0.142. The second-order valence-corrected chi connectivity index (χ2v) is 3.92. The molecule has 1 aromatic rings. The summed E-state index contributed by atoms with van der Waals surface area (Å²) in [6.07, 6.45) is 0. The topological polar surface area (TPSA) is 38.3 Å². The molecule has 0 radical (unpaired) electrons. The van der Waals surface area contributed by atoms with Gasteiger partial charge in [0.15, 0.2) is 0 Å². The molecule has 0 aliphatic carbocycles. The van der Waals surface area contributed by atoms with Gasteiger partial charge < -0.3 is 10.1 Å². The zero-order valence-electron chi connectivity index (χ0n) is 8.42. The lowest BCUT2D eigenvalue weighted by Gasteiger charge is -2.25. The SMILES string of the molecule is COC(=O)C1CNCc2c(Cl)cccc21. The number of fused-ring (bicyclic) bond motifs is 1. The molecule has 15 heavy (non-hydrogen) atoms. The van der Waals surface area contributed by atoms with Crippen LogP contribution >= 0.6 is 11.6 Å². The first kappa shape index (κ1) is 10.5. The Bertz CT molecular complexity index is 392. The second kappa shape index (κ2) is 4.21. The van der Waals surface area contributed by atoms with Gasteiger partial charge in [0.1, 0.15) is 0 Å². The minimum atomic E-state index is -0.238. The molecule has 1 aromatic carbocycles. The van der Waals surface area contributed by atoms with E-state index in [1.54, 1.807) is 0 Å². The monoisotopic (exact) mass is 225 g/mol. The van der Waals surface area contributed by atoms with Gasteiger partial charge in [-0.2, -0.15) is 0 Å². The number of benzene rings is 1. The summed E-state index contributed by atoms with van der Waals surface area (Å²) < 4.78 is 4.76. The third kappa shape index (κ3) is 1.85. The van der Waals surface area contributed by atoms with Crippen molar-refractivity contribution < 1.29 is 9.53 Å². The number of rotatable bonds is 1. The van der Waals surface area contributed by atoms with Crippen LogP contribution < -0.4 is 5.32 Å². The number of carbonyl (C=O) groups excluding carboxylic acids is 1. The maximum Gasteiger partial charge on any atom is 0.314 e. The van der Waals surface area contributed by atoms with Gasteiger partial charge >= 0.3 is 5.97 Å². The van der Waals surface area contributed by atoms with E-state index in [0.717, 1.165) is 11.1 Å². The standard InChI is InChI=1S/C11H12ClNO2/c1-15-11(14)9-6-13-5-8-7(9)3-2-4-10(8)12/h2-4,9,13H,5-6H2,1H3. The highest BCUT2D eigenvalue weighted by Crippen LogP contribution is 2.29. The lowest BCUT2D eigenvalue weighted by Crippen LogP contribution is -2.33. The number of hydrogen-bond donors (Lipinski definition) is 1. The summed E-state index contributed by atoms with van der Waals surface area (Å²) in [5.41, 5.74) is 1.98. The van der Waals surface area contributed by atoms with Crippen molar-refractivity contribution in [1.29, 1.82) is 0 Å². The molecule has 80 valence electrons. The molecule has 0 bridgehead atoms. The first-order chi connectivity index (χ1) is 7.24. The summed E-state index contributed by atoms with van der Waals surface area (Å²) in [4.78, 5) is 11.5. The summed E-state index contributed by atoms with van der Waals surface area (Å²) in [7, 11) is 1.40. The molecule has 0 fully saturated rings. The number of methoxy groups -OCH3 is 1.